The second-order valence-corrected chi connectivity index (χ2v) is 9.20. The highest BCUT2D eigenvalue weighted by Gasteiger charge is 2.53. The first-order valence-electron chi connectivity index (χ1n) is 12.3. The number of carbonyl (C=O) groups excluding carboxylic acids is 2. The van der Waals surface area contributed by atoms with Gasteiger partial charge in [-0.25, -0.2) is 9.59 Å². The lowest BCUT2D eigenvalue weighted by Crippen LogP contribution is -2.64. The number of aliphatic hydroxyl groups excluding tert-OH is 3. The molecule has 0 saturated carbocycles. The molecule has 2 heterocycles. The molecule has 11 nitrogen and oxygen atoms in total. The van der Waals surface area contributed by atoms with Gasteiger partial charge in [0.25, 0.3) is 0 Å². The van der Waals surface area contributed by atoms with Crippen molar-refractivity contribution in [2.45, 2.75) is 75.3 Å². The summed E-state index contributed by atoms with van der Waals surface area (Å²) in [7, 11) is 1.35. The fraction of sp³-hybridized carbons (Fsp3) is 0.481. The van der Waals surface area contributed by atoms with Crippen LogP contribution < -0.4 is 0 Å². The van der Waals surface area contributed by atoms with E-state index in [2.05, 4.69) is 0 Å². The first kappa shape index (κ1) is 28.1. The molecule has 0 amide bonds. The second kappa shape index (κ2) is 12.3. The molecule has 3 N–H and O–H groups in total. The van der Waals surface area contributed by atoms with Gasteiger partial charge in [0.2, 0.25) is 0 Å². The van der Waals surface area contributed by atoms with Crippen molar-refractivity contribution < 1.29 is 53.3 Å². The molecule has 0 spiro atoms. The van der Waals surface area contributed by atoms with Gasteiger partial charge in [0.05, 0.1) is 23.3 Å². The van der Waals surface area contributed by atoms with E-state index < -0.39 is 73.4 Å². The fourth-order valence-electron chi connectivity index (χ4n) is 4.42. The number of esters is 2. The SMILES string of the molecule is CO[C@@H]1O[C@@H](C)[C@H](OC(=O)c2ccccc2)[C@@H](O[C@@H]2O[C@@H](C)[C@H](O)[C@@H](O)[C@H]2O)[C@H]1OC(=O)c1ccccc1. The normalized spacial score (nSPS) is 35.3. The van der Waals surface area contributed by atoms with Gasteiger partial charge < -0.3 is 43.7 Å². The summed E-state index contributed by atoms with van der Waals surface area (Å²) in [6.07, 6.45) is -12.6. The van der Waals surface area contributed by atoms with Crippen molar-refractivity contribution in [1.29, 1.82) is 0 Å². The van der Waals surface area contributed by atoms with Crippen LogP contribution >= 0.6 is 0 Å². The average Bonchev–Trinajstić information content (AvgIpc) is 2.94. The molecule has 0 radical (unpaired) electrons. The lowest BCUT2D eigenvalue weighted by atomic mass is 9.97. The summed E-state index contributed by atoms with van der Waals surface area (Å²) in [6.45, 7) is 3.13. The molecule has 206 valence electrons. The Bertz CT molecular complexity index is 1070. The van der Waals surface area contributed by atoms with E-state index in [4.69, 9.17) is 28.4 Å². The lowest BCUT2D eigenvalue weighted by Gasteiger charge is -2.46. The minimum atomic E-state index is -1.66. The maximum atomic E-state index is 13.0. The molecule has 10 atom stereocenters. The highest BCUT2D eigenvalue weighted by atomic mass is 16.7. The number of carbonyl (C=O) groups is 2. The quantitative estimate of drug-likeness (QED) is 0.439. The van der Waals surface area contributed by atoms with Gasteiger partial charge in [-0.1, -0.05) is 36.4 Å². The molecule has 0 aromatic heterocycles. The number of benzene rings is 2. The molecule has 4 rings (SSSR count). The van der Waals surface area contributed by atoms with Crippen molar-refractivity contribution in [3.63, 3.8) is 0 Å². The van der Waals surface area contributed by atoms with E-state index in [-0.39, 0.29) is 11.1 Å². The molecule has 2 aromatic rings. The maximum Gasteiger partial charge on any atom is 0.338 e. The molecule has 0 aliphatic carbocycles. The average molecular weight is 533 g/mol. The maximum absolute atomic E-state index is 13.0. The minimum Gasteiger partial charge on any atom is -0.453 e. The second-order valence-electron chi connectivity index (χ2n) is 9.20. The van der Waals surface area contributed by atoms with Crippen LogP contribution in [0.3, 0.4) is 0 Å². The predicted octanol–water partition coefficient (Wildman–Crippen LogP) is 1.04. The van der Waals surface area contributed by atoms with E-state index >= 15 is 0 Å². The van der Waals surface area contributed by atoms with E-state index in [1.54, 1.807) is 67.6 Å². The minimum absolute atomic E-state index is 0.249. The van der Waals surface area contributed by atoms with Crippen molar-refractivity contribution in [1.82, 2.24) is 0 Å². The van der Waals surface area contributed by atoms with Crippen LogP contribution in [-0.4, -0.2) is 95.8 Å². The molecule has 0 bridgehead atoms. The zero-order valence-electron chi connectivity index (χ0n) is 21.2. The number of aliphatic hydroxyl groups is 3. The van der Waals surface area contributed by atoms with Gasteiger partial charge in [0, 0.05) is 7.11 Å². The highest BCUT2D eigenvalue weighted by molar-refractivity contribution is 5.90. The number of ether oxygens (including phenoxy) is 6. The Morgan fingerprint density at radius 3 is 1.68 bits per heavy atom. The van der Waals surface area contributed by atoms with Crippen LogP contribution in [0.1, 0.15) is 34.6 Å². The van der Waals surface area contributed by atoms with E-state index in [1.807, 2.05) is 0 Å². The van der Waals surface area contributed by atoms with Gasteiger partial charge in [0.15, 0.2) is 24.8 Å². The van der Waals surface area contributed by atoms with Gasteiger partial charge in [-0.2, -0.15) is 0 Å². The third-order valence-corrected chi connectivity index (χ3v) is 6.56. The van der Waals surface area contributed by atoms with E-state index in [0.29, 0.717) is 0 Å². The van der Waals surface area contributed by atoms with Crippen LogP contribution in [0.2, 0.25) is 0 Å². The van der Waals surface area contributed by atoms with Gasteiger partial charge >= 0.3 is 11.9 Å². The monoisotopic (exact) mass is 532 g/mol. The summed E-state index contributed by atoms with van der Waals surface area (Å²) < 4.78 is 34.6. The first-order valence-corrected chi connectivity index (χ1v) is 12.3. The summed E-state index contributed by atoms with van der Waals surface area (Å²) in [4.78, 5) is 26.0. The van der Waals surface area contributed by atoms with Crippen LogP contribution in [0.5, 0.6) is 0 Å². The van der Waals surface area contributed by atoms with Gasteiger partial charge in [0.1, 0.15) is 24.4 Å². The molecule has 2 aromatic carbocycles. The van der Waals surface area contributed by atoms with Gasteiger partial charge in [-0.15, -0.1) is 0 Å². The van der Waals surface area contributed by atoms with Crippen molar-refractivity contribution in [3.8, 4) is 0 Å². The Morgan fingerprint density at radius 2 is 1.16 bits per heavy atom. The Hall–Kier alpha value is -2.90. The van der Waals surface area contributed by atoms with E-state index in [9.17, 15) is 24.9 Å². The summed E-state index contributed by atoms with van der Waals surface area (Å²) >= 11 is 0. The summed E-state index contributed by atoms with van der Waals surface area (Å²) in [5, 5.41) is 31.0. The Balaban J connectivity index is 1.66. The lowest BCUT2D eigenvalue weighted by molar-refractivity contribution is -0.350. The molecular formula is C27H32O11. The number of hydrogen-bond donors (Lipinski definition) is 3. The van der Waals surface area contributed by atoms with Crippen molar-refractivity contribution in [3.05, 3.63) is 71.8 Å². The number of hydrogen-bond acceptors (Lipinski definition) is 11. The van der Waals surface area contributed by atoms with Crippen LogP contribution in [0.15, 0.2) is 60.7 Å². The van der Waals surface area contributed by atoms with Crippen molar-refractivity contribution in [2.75, 3.05) is 7.11 Å². The third-order valence-electron chi connectivity index (χ3n) is 6.56. The third kappa shape index (κ3) is 6.05. The van der Waals surface area contributed by atoms with Crippen LogP contribution in [0.4, 0.5) is 0 Å². The van der Waals surface area contributed by atoms with Crippen LogP contribution in [0.25, 0.3) is 0 Å². The molecule has 2 aliphatic heterocycles. The van der Waals surface area contributed by atoms with Crippen molar-refractivity contribution >= 4 is 11.9 Å². The molecule has 11 heteroatoms. The zero-order chi connectivity index (χ0) is 27.4. The summed E-state index contributed by atoms with van der Waals surface area (Å²) in [5.41, 5.74) is 0.518. The molecule has 38 heavy (non-hydrogen) atoms. The standard InChI is InChI=1S/C27H32O11/c1-14-18(28)19(29)20(30)26(34-14)38-22-21(36-24(31)16-10-6-4-7-11-16)15(2)35-27(33-3)23(22)37-25(32)17-12-8-5-9-13-17/h4-15,18-23,26-30H,1-3H3/t14-,15-,18-,19+,20+,21-,22+,23+,26-,27+/m0/s1. The molecule has 2 aliphatic rings. The largest absolute Gasteiger partial charge is 0.453 e. The summed E-state index contributed by atoms with van der Waals surface area (Å²) in [6, 6.07) is 16.5. The smallest absolute Gasteiger partial charge is 0.338 e. The molecule has 2 saturated heterocycles. The van der Waals surface area contributed by atoms with E-state index in [0.717, 1.165) is 0 Å². The molecular weight excluding hydrogens is 500 g/mol. The number of rotatable bonds is 7. The fourth-order valence-corrected chi connectivity index (χ4v) is 4.42. The van der Waals surface area contributed by atoms with Crippen LogP contribution in [0, 0.1) is 0 Å². The Kier molecular flexibility index (Phi) is 9.11. The number of methoxy groups -OCH3 is 1. The van der Waals surface area contributed by atoms with Crippen molar-refractivity contribution in [2.24, 2.45) is 0 Å². The van der Waals surface area contributed by atoms with E-state index in [1.165, 1.54) is 14.0 Å². The van der Waals surface area contributed by atoms with Gasteiger partial charge in [-0.3, -0.25) is 0 Å². The topological polar surface area (TPSA) is 150 Å². The summed E-state index contributed by atoms with van der Waals surface area (Å²) in [5.74, 6) is -1.40. The van der Waals surface area contributed by atoms with Gasteiger partial charge in [-0.05, 0) is 38.1 Å². The first-order chi connectivity index (χ1) is 18.2. The Labute approximate surface area is 219 Å². The highest BCUT2D eigenvalue weighted by Crippen LogP contribution is 2.33. The molecule has 0 unspecified atom stereocenters. The van der Waals surface area contributed by atoms with Crippen LogP contribution in [-0.2, 0) is 28.4 Å². The zero-order valence-corrected chi connectivity index (χ0v) is 21.2. The molecule has 2 fully saturated rings. The predicted molar refractivity (Wildman–Crippen MR) is 130 cm³/mol. The Morgan fingerprint density at radius 1 is 0.658 bits per heavy atom.